The first-order valence-corrected chi connectivity index (χ1v) is 12.5. The third-order valence-electron chi connectivity index (χ3n) is 6.77. The van der Waals surface area contributed by atoms with E-state index in [0.29, 0.717) is 42.5 Å². The van der Waals surface area contributed by atoms with Crippen molar-refractivity contribution >= 4 is 12.0 Å². The third kappa shape index (κ3) is 5.87. The number of nitrogens with zero attached hydrogens (tertiary/aromatic N) is 5. The molecule has 1 aliphatic heterocycles. The number of carbonyl (C=O) groups excluding carboxylic acids is 1. The number of rotatable bonds is 6. The minimum Gasteiger partial charge on any atom is -0.445 e. The molecule has 2 atom stereocenters. The molecule has 1 fully saturated rings. The van der Waals surface area contributed by atoms with E-state index in [1.807, 2.05) is 30.3 Å². The largest absolute Gasteiger partial charge is 0.445 e. The number of alkyl halides is 3. The third-order valence-corrected chi connectivity index (χ3v) is 6.77. The molecule has 5 rings (SSSR count). The number of piperidine rings is 1. The molecule has 2 aromatic heterocycles. The van der Waals surface area contributed by atoms with Crippen molar-refractivity contribution in [1.82, 2.24) is 24.4 Å². The van der Waals surface area contributed by atoms with Gasteiger partial charge in [0.2, 0.25) is 5.95 Å². The molecule has 1 amide bonds. The molecular formula is C28H27F3N6O2. The Hall–Kier alpha value is -4.41. The minimum absolute atomic E-state index is 0.137. The van der Waals surface area contributed by atoms with Gasteiger partial charge in [-0.3, -0.25) is 4.90 Å². The quantitative estimate of drug-likeness (QED) is 0.326. The van der Waals surface area contributed by atoms with Crippen LogP contribution in [0.5, 0.6) is 0 Å². The molecule has 4 aromatic rings. The highest BCUT2D eigenvalue weighted by Crippen LogP contribution is 2.40. The lowest BCUT2D eigenvalue weighted by atomic mass is 9.88. The van der Waals surface area contributed by atoms with Crippen molar-refractivity contribution in [3.8, 4) is 5.69 Å². The summed E-state index contributed by atoms with van der Waals surface area (Å²) in [5, 5.41) is 2.92. The van der Waals surface area contributed by atoms with Crippen molar-refractivity contribution in [2.75, 3.05) is 18.9 Å². The Labute approximate surface area is 223 Å². The van der Waals surface area contributed by atoms with Crippen LogP contribution in [-0.2, 0) is 17.5 Å². The van der Waals surface area contributed by atoms with Gasteiger partial charge in [-0.25, -0.2) is 19.7 Å². The highest BCUT2D eigenvalue weighted by atomic mass is 19.4. The molecule has 11 heteroatoms. The Balaban J connectivity index is 1.42. The summed E-state index contributed by atoms with van der Waals surface area (Å²) in [4.78, 5) is 28.2. The predicted octanol–water partition coefficient (Wildman–Crippen LogP) is 5.98. The number of nitrogens with one attached hydrogen (secondary N) is 1. The van der Waals surface area contributed by atoms with Crippen molar-refractivity contribution in [3.63, 3.8) is 0 Å². The maximum Gasteiger partial charge on any atom is 0.416 e. The van der Waals surface area contributed by atoms with E-state index in [1.54, 1.807) is 47.2 Å². The molecule has 0 spiro atoms. The fraction of sp³-hybridized carbons (Fsp3) is 0.286. The summed E-state index contributed by atoms with van der Waals surface area (Å²) in [7, 11) is 1.71. The number of hydrogen-bond donors (Lipinski definition) is 1. The summed E-state index contributed by atoms with van der Waals surface area (Å²) in [5.74, 6) is 0.892. The van der Waals surface area contributed by atoms with Gasteiger partial charge >= 0.3 is 12.3 Å². The molecule has 202 valence electrons. The summed E-state index contributed by atoms with van der Waals surface area (Å²) >= 11 is 0. The average Bonchev–Trinajstić information content (AvgIpc) is 3.46. The van der Waals surface area contributed by atoms with Gasteiger partial charge in [0.15, 0.2) is 0 Å². The van der Waals surface area contributed by atoms with Crippen LogP contribution in [0.4, 0.5) is 23.9 Å². The van der Waals surface area contributed by atoms with Crippen LogP contribution in [0.3, 0.4) is 0 Å². The Bertz CT molecular complexity index is 1430. The SMILES string of the molecule is CNc1nccc(C2CC(c3nccn3-c3cccc(C(F)(F)F)c3)CCN2C(=O)OCc2ccccc2)n1. The Kier molecular flexibility index (Phi) is 7.49. The van der Waals surface area contributed by atoms with Crippen molar-refractivity contribution in [1.29, 1.82) is 0 Å². The normalized spacial score (nSPS) is 17.6. The number of hydrogen-bond acceptors (Lipinski definition) is 6. The zero-order valence-electron chi connectivity index (χ0n) is 21.2. The molecule has 3 heterocycles. The first-order chi connectivity index (χ1) is 18.8. The van der Waals surface area contributed by atoms with Crippen molar-refractivity contribution < 1.29 is 22.7 Å². The Morgan fingerprint density at radius 1 is 1.08 bits per heavy atom. The molecule has 39 heavy (non-hydrogen) atoms. The molecule has 8 nitrogen and oxygen atoms in total. The van der Waals surface area contributed by atoms with Crippen molar-refractivity contribution in [3.05, 3.63) is 102 Å². The van der Waals surface area contributed by atoms with Crippen molar-refractivity contribution in [2.24, 2.45) is 0 Å². The van der Waals surface area contributed by atoms with E-state index in [1.165, 1.54) is 6.07 Å². The van der Waals surface area contributed by atoms with Gasteiger partial charge in [-0.15, -0.1) is 0 Å². The van der Waals surface area contributed by atoms with E-state index in [2.05, 4.69) is 20.3 Å². The van der Waals surface area contributed by atoms with E-state index < -0.39 is 23.9 Å². The standard InChI is InChI=1S/C28H27F3N6O2/c1-32-26-34-12-10-23(35-26)24-16-20(11-14-37(24)27(38)39-18-19-6-3-2-4-7-19)25-33-13-15-36(25)22-9-5-8-21(17-22)28(29,30)31/h2-10,12-13,15,17,20,24H,11,14,16,18H2,1H3,(H,32,34,35). The first kappa shape index (κ1) is 26.2. The van der Waals surface area contributed by atoms with Gasteiger partial charge in [-0.05, 0) is 42.7 Å². The second kappa shape index (κ2) is 11.1. The molecule has 0 bridgehead atoms. The number of imidazole rings is 1. The van der Waals surface area contributed by atoms with Gasteiger partial charge in [0, 0.05) is 43.8 Å². The lowest BCUT2D eigenvalue weighted by Crippen LogP contribution is -2.41. The summed E-state index contributed by atoms with van der Waals surface area (Å²) in [6.45, 7) is 0.495. The minimum atomic E-state index is -4.45. The van der Waals surface area contributed by atoms with E-state index in [-0.39, 0.29) is 12.5 Å². The van der Waals surface area contributed by atoms with Gasteiger partial charge in [-0.2, -0.15) is 13.2 Å². The van der Waals surface area contributed by atoms with E-state index in [0.717, 1.165) is 17.7 Å². The van der Waals surface area contributed by atoms with Crippen LogP contribution >= 0.6 is 0 Å². The molecule has 0 aliphatic carbocycles. The highest BCUT2D eigenvalue weighted by molar-refractivity contribution is 5.68. The molecule has 0 saturated carbocycles. The van der Waals surface area contributed by atoms with Crippen LogP contribution in [0, 0.1) is 0 Å². The monoisotopic (exact) mass is 536 g/mol. The predicted molar refractivity (Wildman–Crippen MR) is 138 cm³/mol. The average molecular weight is 537 g/mol. The molecular weight excluding hydrogens is 509 g/mol. The summed E-state index contributed by atoms with van der Waals surface area (Å²) < 4.78 is 47.4. The number of ether oxygens (including phenoxy) is 1. The maximum absolute atomic E-state index is 13.4. The Morgan fingerprint density at radius 3 is 2.67 bits per heavy atom. The van der Waals surface area contributed by atoms with Crippen LogP contribution in [0.1, 0.15) is 47.4 Å². The lowest BCUT2D eigenvalue weighted by molar-refractivity contribution is -0.137. The zero-order chi connectivity index (χ0) is 27.4. The molecule has 1 saturated heterocycles. The fourth-order valence-electron chi connectivity index (χ4n) is 4.85. The molecule has 0 radical (unpaired) electrons. The lowest BCUT2D eigenvalue weighted by Gasteiger charge is -2.38. The van der Waals surface area contributed by atoms with Gasteiger partial charge < -0.3 is 14.6 Å². The Morgan fingerprint density at radius 2 is 1.90 bits per heavy atom. The van der Waals surface area contributed by atoms with Gasteiger partial charge in [0.25, 0.3) is 0 Å². The van der Waals surface area contributed by atoms with Gasteiger partial charge in [0.1, 0.15) is 12.4 Å². The highest BCUT2D eigenvalue weighted by Gasteiger charge is 2.37. The van der Waals surface area contributed by atoms with Crippen molar-refractivity contribution in [2.45, 2.75) is 37.6 Å². The van der Waals surface area contributed by atoms with Gasteiger partial charge in [-0.1, -0.05) is 36.4 Å². The fourth-order valence-corrected chi connectivity index (χ4v) is 4.85. The maximum atomic E-state index is 13.4. The van der Waals surface area contributed by atoms with Crippen LogP contribution in [0.2, 0.25) is 0 Å². The zero-order valence-corrected chi connectivity index (χ0v) is 21.2. The number of aromatic nitrogens is 4. The van der Waals surface area contributed by atoms with Crippen LogP contribution in [0.25, 0.3) is 5.69 Å². The van der Waals surface area contributed by atoms with E-state index in [9.17, 15) is 18.0 Å². The number of carbonyl (C=O) groups is 1. The number of amides is 1. The van der Waals surface area contributed by atoms with E-state index in [4.69, 9.17) is 4.74 Å². The van der Waals surface area contributed by atoms with Crippen LogP contribution < -0.4 is 5.32 Å². The molecule has 1 aliphatic rings. The molecule has 2 aromatic carbocycles. The second-order valence-corrected chi connectivity index (χ2v) is 9.23. The number of likely N-dealkylation sites (tertiary alicyclic amines) is 1. The smallest absolute Gasteiger partial charge is 0.416 e. The first-order valence-electron chi connectivity index (χ1n) is 12.5. The van der Waals surface area contributed by atoms with E-state index >= 15 is 0 Å². The number of benzene rings is 2. The summed E-state index contributed by atoms with van der Waals surface area (Å²) in [6, 6.07) is 15.9. The number of anilines is 1. The van der Waals surface area contributed by atoms with Crippen LogP contribution in [-0.4, -0.2) is 44.1 Å². The molecule has 1 N–H and O–H groups in total. The second-order valence-electron chi connectivity index (χ2n) is 9.23. The number of halogens is 3. The van der Waals surface area contributed by atoms with Gasteiger partial charge in [0.05, 0.1) is 17.3 Å². The summed E-state index contributed by atoms with van der Waals surface area (Å²) in [6.07, 6.45) is 0.945. The summed E-state index contributed by atoms with van der Waals surface area (Å²) in [5.41, 5.74) is 1.15. The van der Waals surface area contributed by atoms with Crippen LogP contribution in [0.15, 0.2) is 79.3 Å². The topological polar surface area (TPSA) is 85.2 Å². The molecule has 2 unspecified atom stereocenters.